The fourth-order valence-corrected chi connectivity index (χ4v) is 4.92. The Morgan fingerprint density at radius 2 is 1.79 bits per heavy atom. The number of fused-ring (bicyclic) bond motifs is 2. The molecule has 0 bridgehead atoms. The Hall–Kier alpha value is -3.57. The van der Waals surface area contributed by atoms with Gasteiger partial charge in [0, 0.05) is 36.2 Å². The average Bonchev–Trinajstić information content (AvgIpc) is 3.24. The van der Waals surface area contributed by atoms with Gasteiger partial charge in [-0.1, -0.05) is 61.2 Å². The van der Waals surface area contributed by atoms with Gasteiger partial charge in [0.15, 0.2) is 0 Å². The van der Waals surface area contributed by atoms with Crippen LogP contribution in [0, 0.1) is 0 Å². The highest BCUT2D eigenvalue weighted by Gasteiger charge is 2.44. The van der Waals surface area contributed by atoms with E-state index in [9.17, 15) is 4.79 Å². The molecule has 0 aromatic heterocycles. The number of amides is 1. The van der Waals surface area contributed by atoms with Crippen molar-refractivity contribution in [2.75, 3.05) is 19.7 Å². The number of hydrogen-bond donors (Lipinski definition) is 1. The smallest absolute Gasteiger partial charge is 0.253 e. The minimum Gasteiger partial charge on any atom is -0.492 e. The van der Waals surface area contributed by atoms with Crippen molar-refractivity contribution in [3.63, 3.8) is 0 Å². The molecule has 0 unspecified atom stereocenters. The third-order valence-electron chi connectivity index (χ3n) is 7.05. The van der Waals surface area contributed by atoms with Gasteiger partial charge in [-0.25, -0.2) is 0 Å². The molecule has 2 aliphatic rings. The number of ether oxygens (including phenoxy) is 2. The highest BCUT2D eigenvalue weighted by molar-refractivity contribution is 6.18. The van der Waals surface area contributed by atoms with E-state index < -0.39 is 0 Å². The Kier molecular flexibility index (Phi) is 6.12. The van der Waals surface area contributed by atoms with Gasteiger partial charge in [0.2, 0.25) is 0 Å². The van der Waals surface area contributed by atoms with Crippen LogP contribution in [0.4, 0.5) is 0 Å². The van der Waals surface area contributed by atoms with Gasteiger partial charge in [0.05, 0.1) is 6.61 Å². The Bertz CT molecular complexity index is 1200. The van der Waals surface area contributed by atoms with Crippen LogP contribution in [0.2, 0.25) is 0 Å². The summed E-state index contributed by atoms with van der Waals surface area (Å²) in [5.74, 6) is 1.65. The molecule has 34 heavy (non-hydrogen) atoms. The molecule has 0 aliphatic carbocycles. The lowest BCUT2D eigenvalue weighted by Gasteiger charge is -2.39. The standard InChI is InChI=1S/C29H30N2O3/c1-21(24-8-5-9-25(17-24)33-19-22-6-3-2-4-7-22)28(32)31-14-12-29(13-15-31)20-34-27-11-10-23(18-30)16-26(27)29/h2-11,16-17H,1,12-15,18-20,30H2. The van der Waals surface area contributed by atoms with Gasteiger partial charge in [-0.3, -0.25) is 4.79 Å². The minimum atomic E-state index is -0.0379. The van der Waals surface area contributed by atoms with Crippen LogP contribution in [0.3, 0.4) is 0 Å². The lowest BCUT2D eigenvalue weighted by atomic mass is 9.74. The molecule has 0 saturated carbocycles. The highest BCUT2D eigenvalue weighted by Crippen LogP contribution is 2.46. The number of benzene rings is 3. The van der Waals surface area contributed by atoms with Crippen molar-refractivity contribution in [3.8, 4) is 11.5 Å². The average molecular weight is 455 g/mol. The van der Waals surface area contributed by atoms with E-state index in [0.29, 0.717) is 38.4 Å². The quantitative estimate of drug-likeness (QED) is 0.549. The van der Waals surface area contributed by atoms with Crippen LogP contribution in [0.15, 0.2) is 79.4 Å². The molecule has 3 aromatic carbocycles. The van der Waals surface area contributed by atoms with Crippen molar-refractivity contribution < 1.29 is 14.3 Å². The number of carbonyl (C=O) groups is 1. The van der Waals surface area contributed by atoms with E-state index in [1.54, 1.807) is 0 Å². The summed E-state index contributed by atoms with van der Waals surface area (Å²) in [6.07, 6.45) is 1.74. The monoisotopic (exact) mass is 454 g/mol. The molecular formula is C29H30N2O3. The summed E-state index contributed by atoms with van der Waals surface area (Å²) in [5.41, 5.74) is 10.6. The molecule has 1 fully saturated rings. The van der Waals surface area contributed by atoms with Crippen molar-refractivity contribution in [2.45, 2.75) is 31.4 Å². The molecule has 2 heterocycles. The summed E-state index contributed by atoms with van der Waals surface area (Å²) < 4.78 is 11.9. The van der Waals surface area contributed by atoms with Crippen molar-refractivity contribution in [3.05, 3.63) is 102 Å². The second-order valence-corrected chi connectivity index (χ2v) is 9.18. The Labute approximate surface area is 200 Å². The summed E-state index contributed by atoms with van der Waals surface area (Å²) in [5, 5.41) is 0. The number of rotatable bonds is 6. The van der Waals surface area contributed by atoms with Gasteiger partial charge in [-0.05, 0) is 47.7 Å². The van der Waals surface area contributed by atoms with Crippen LogP contribution in [0.1, 0.15) is 35.1 Å². The highest BCUT2D eigenvalue weighted by atomic mass is 16.5. The number of likely N-dealkylation sites (tertiary alicyclic amines) is 1. The van der Waals surface area contributed by atoms with E-state index in [4.69, 9.17) is 15.2 Å². The first kappa shape index (κ1) is 22.2. The third kappa shape index (κ3) is 4.31. The largest absolute Gasteiger partial charge is 0.492 e. The molecular weight excluding hydrogens is 424 g/mol. The van der Waals surface area contributed by atoms with E-state index in [0.717, 1.165) is 41.0 Å². The summed E-state index contributed by atoms with van der Waals surface area (Å²) in [7, 11) is 0. The van der Waals surface area contributed by atoms with Gasteiger partial charge < -0.3 is 20.1 Å². The summed E-state index contributed by atoms with van der Waals surface area (Å²) in [6.45, 7) is 7.14. The molecule has 0 radical (unpaired) electrons. The number of nitrogens with zero attached hydrogens (tertiary/aromatic N) is 1. The number of hydrogen-bond acceptors (Lipinski definition) is 4. The Morgan fingerprint density at radius 3 is 2.56 bits per heavy atom. The zero-order valence-electron chi connectivity index (χ0n) is 19.3. The van der Waals surface area contributed by atoms with E-state index in [2.05, 4.69) is 12.6 Å². The van der Waals surface area contributed by atoms with Crippen LogP contribution in [0.25, 0.3) is 5.57 Å². The van der Waals surface area contributed by atoms with Gasteiger partial charge in [0.25, 0.3) is 5.91 Å². The molecule has 1 saturated heterocycles. The lowest BCUT2D eigenvalue weighted by Crippen LogP contribution is -2.46. The zero-order chi connectivity index (χ0) is 23.5. The van der Waals surface area contributed by atoms with Gasteiger partial charge in [-0.2, -0.15) is 0 Å². The van der Waals surface area contributed by atoms with Gasteiger partial charge in [-0.15, -0.1) is 0 Å². The number of nitrogens with two attached hydrogens (primary N) is 1. The first-order valence-electron chi connectivity index (χ1n) is 11.8. The van der Waals surface area contributed by atoms with Crippen molar-refractivity contribution in [2.24, 2.45) is 5.73 Å². The second-order valence-electron chi connectivity index (χ2n) is 9.18. The van der Waals surface area contributed by atoms with Crippen LogP contribution < -0.4 is 15.2 Å². The molecule has 2 aliphatic heterocycles. The minimum absolute atomic E-state index is 0.0232. The maximum absolute atomic E-state index is 13.3. The number of piperidine rings is 1. The van der Waals surface area contributed by atoms with E-state index in [1.165, 1.54) is 5.56 Å². The first-order valence-corrected chi connectivity index (χ1v) is 11.8. The van der Waals surface area contributed by atoms with Crippen LogP contribution in [0.5, 0.6) is 11.5 Å². The molecule has 3 aromatic rings. The topological polar surface area (TPSA) is 64.8 Å². The Morgan fingerprint density at radius 1 is 1.00 bits per heavy atom. The number of carbonyl (C=O) groups excluding carboxylic acids is 1. The van der Waals surface area contributed by atoms with Crippen LogP contribution in [-0.2, 0) is 23.4 Å². The van der Waals surface area contributed by atoms with Crippen LogP contribution >= 0.6 is 0 Å². The molecule has 5 nitrogen and oxygen atoms in total. The molecule has 5 rings (SSSR count). The predicted octanol–water partition coefficient (Wildman–Crippen LogP) is 4.69. The predicted molar refractivity (Wildman–Crippen MR) is 134 cm³/mol. The van der Waals surface area contributed by atoms with E-state index in [1.807, 2.05) is 71.6 Å². The van der Waals surface area contributed by atoms with Crippen molar-refractivity contribution in [1.29, 1.82) is 0 Å². The molecule has 1 amide bonds. The second kappa shape index (κ2) is 9.35. The summed E-state index contributed by atoms with van der Waals surface area (Å²) >= 11 is 0. The maximum Gasteiger partial charge on any atom is 0.253 e. The normalized spacial score (nSPS) is 16.1. The van der Waals surface area contributed by atoms with Crippen LogP contribution in [-0.4, -0.2) is 30.5 Å². The van der Waals surface area contributed by atoms with Crippen molar-refractivity contribution in [1.82, 2.24) is 4.90 Å². The molecule has 5 heteroatoms. The maximum atomic E-state index is 13.3. The van der Waals surface area contributed by atoms with E-state index in [-0.39, 0.29) is 11.3 Å². The molecule has 0 atom stereocenters. The van der Waals surface area contributed by atoms with Crippen molar-refractivity contribution >= 4 is 11.5 Å². The van der Waals surface area contributed by atoms with Gasteiger partial charge in [0.1, 0.15) is 18.1 Å². The Balaban J connectivity index is 1.23. The molecule has 174 valence electrons. The fourth-order valence-electron chi connectivity index (χ4n) is 4.92. The zero-order valence-corrected chi connectivity index (χ0v) is 19.3. The lowest BCUT2D eigenvalue weighted by molar-refractivity contribution is -0.126. The third-order valence-corrected chi connectivity index (χ3v) is 7.05. The first-order chi connectivity index (χ1) is 16.6. The summed E-state index contributed by atoms with van der Waals surface area (Å²) in [4.78, 5) is 15.2. The molecule has 1 spiro atoms. The summed E-state index contributed by atoms with van der Waals surface area (Å²) in [6, 6.07) is 23.9. The van der Waals surface area contributed by atoms with Gasteiger partial charge >= 0.3 is 0 Å². The SMILES string of the molecule is C=C(C(=O)N1CCC2(CC1)COc1ccc(CN)cc12)c1cccc(OCc2ccccc2)c1. The fraction of sp³-hybridized carbons (Fsp3) is 0.276. The van der Waals surface area contributed by atoms with E-state index >= 15 is 0 Å². The molecule has 2 N–H and O–H groups in total.